The van der Waals surface area contributed by atoms with Crippen LogP contribution in [0.5, 0.6) is 0 Å². The summed E-state index contributed by atoms with van der Waals surface area (Å²) in [6, 6.07) is 14.5. The van der Waals surface area contributed by atoms with Gasteiger partial charge in [-0.25, -0.2) is 9.78 Å². The monoisotopic (exact) mass is 363 g/mol. The van der Waals surface area contributed by atoms with Crippen molar-refractivity contribution < 1.29 is 9.59 Å². The van der Waals surface area contributed by atoms with Crippen LogP contribution in [0.25, 0.3) is 11.0 Å². The van der Waals surface area contributed by atoms with Crippen molar-refractivity contribution in [3.63, 3.8) is 0 Å². The van der Waals surface area contributed by atoms with Gasteiger partial charge in [0.05, 0.1) is 17.4 Å². The van der Waals surface area contributed by atoms with Gasteiger partial charge in [0.2, 0.25) is 5.91 Å². The number of hydrogen-bond acceptors (Lipinski definition) is 3. The molecule has 1 fully saturated rings. The smallest absolute Gasteiger partial charge is 0.319 e. The number of aromatic nitrogens is 2. The molecule has 3 N–H and O–H groups in total. The average molecular weight is 363 g/mol. The van der Waals surface area contributed by atoms with E-state index in [0.717, 1.165) is 23.9 Å². The number of hydrogen-bond donors (Lipinski definition) is 3. The first-order chi connectivity index (χ1) is 13.1. The molecule has 1 aliphatic rings. The lowest BCUT2D eigenvalue weighted by molar-refractivity contribution is -0.118. The maximum Gasteiger partial charge on any atom is 0.319 e. The lowest BCUT2D eigenvalue weighted by Gasteiger charge is -2.15. The summed E-state index contributed by atoms with van der Waals surface area (Å²) in [6.07, 6.45) is 3.74. The Morgan fingerprint density at radius 1 is 1.07 bits per heavy atom. The first-order valence-electron chi connectivity index (χ1n) is 9.00. The van der Waals surface area contributed by atoms with Crippen molar-refractivity contribution in [3.05, 3.63) is 54.9 Å². The third-order valence-electron chi connectivity index (χ3n) is 4.58. The summed E-state index contributed by atoms with van der Waals surface area (Å²) in [6.45, 7) is 1.83. The molecular formula is C20H21N5O2. The molecule has 7 nitrogen and oxygen atoms in total. The van der Waals surface area contributed by atoms with E-state index in [1.807, 2.05) is 35.8 Å². The number of benzene rings is 2. The van der Waals surface area contributed by atoms with Crippen molar-refractivity contribution in [3.8, 4) is 0 Å². The summed E-state index contributed by atoms with van der Waals surface area (Å²) < 4.78 is 1.84. The minimum Gasteiger partial charge on any atom is -0.335 e. The molecule has 3 aromatic rings. The van der Waals surface area contributed by atoms with Gasteiger partial charge in [-0.2, -0.15) is 0 Å². The Kier molecular flexibility index (Phi) is 4.50. The molecule has 3 amide bonds. The Morgan fingerprint density at radius 3 is 2.59 bits per heavy atom. The summed E-state index contributed by atoms with van der Waals surface area (Å²) in [5.41, 5.74) is 3.02. The van der Waals surface area contributed by atoms with Crippen LogP contribution in [-0.2, 0) is 4.79 Å². The number of urea groups is 1. The summed E-state index contributed by atoms with van der Waals surface area (Å²) in [7, 11) is 0. The molecule has 0 radical (unpaired) electrons. The highest BCUT2D eigenvalue weighted by Crippen LogP contribution is 2.21. The fourth-order valence-corrected chi connectivity index (χ4v) is 2.91. The minimum atomic E-state index is -0.424. The highest BCUT2D eigenvalue weighted by Gasteiger charge is 2.23. The van der Waals surface area contributed by atoms with E-state index in [9.17, 15) is 9.59 Å². The molecule has 1 heterocycles. The Balaban J connectivity index is 1.44. The number of amides is 3. The molecule has 138 valence electrons. The minimum absolute atomic E-state index is 0.155. The van der Waals surface area contributed by atoms with Crippen molar-refractivity contribution in [2.45, 2.75) is 31.8 Å². The number of nitrogens with one attached hydrogen (secondary N) is 3. The topological polar surface area (TPSA) is 88.0 Å². The predicted octanol–water partition coefficient (Wildman–Crippen LogP) is 3.52. The van der Waals surface area contributed by atoms with E-state index in [0.29, 0.717) is 17.4 Å². The summed E-state index contributed by atoms with van der Waals surface area (Å²) >= 11 is 0. The first kappa shape index (κ1) is 17.1. The van der Waals surface area contributed by atoms with E-state index >= 15 is 0 Å². The molecule has 1 aromatic heterocycles. The quantitative estimate of drug-likeness (QED) is 0.648. The first-order valence-corrected chi connectivity index (χ1v) is 9.00. The zero-order chi connectivity index (χ0) is 18.8. The highest BCUT2D eigenvalue weighted by molar-refractivity contribution is 5.96. The van der Waals surface area contributed by atoms with Crippen LogP contribution < -0.4 is 16.0 Å². The number of imidazole rings is 1. The number of fused-ring (bicyclic) bond motifs is 1. The van der Waals surface area contributed by atoms with E-state index in [2.05, 4.69) is 20.9 Å². The Bertz CT molecular complexity index is 993. The van der Waals surface area contributed by atoms with Crippen molar-refractivity contribution in [1.82, 2.24) is 14.9 Å². The van der Waals surface area contributed by atoms with Crippen molar-refractivity contribution in [2.75, 3.05) is 10.6 Å². The van der Waals surface area contributed by atoms with Gasteiger partial charge in [0.15, 0.2) is 0 Å². The van der Waals surface area contributed by atoms with Gasteiger partial charge in [0, 0.05) is 17.4 Å². The van der Waals surface area contributed by atoms with Crippen molar-refractivity contribution in [1.29, 1.82) is 0 Å². The van der Waals surface area contributed by atoms with Crippen LogP contribution in [0.4, 0.5) is 16.2 Å². The highest BCUT2D eigenvalue weighted by atomic mass is 16.2. The predicted molar refractivity (Wildman–Crippen MR) is 105 cm³/mol. The van der Waals surface area contributed by atoms with E-state index in [-0.39, 0.29) is 11.9 Å². The van der Waals surface area contributed by atoms with Crippen LogP contribution in [0.15, 0.2) is 54.9 Å². The molecule has 0 spiro atoms. The summed E-state index contributed by atoms with van der Waals surface area (Å²) in [5.74, 6) is -0.155. The van der Waals surface area contributed by atoms with E-state index in [1.165, 1.54) is 0 Å². The van der Waals surface area contributed by atoms with Crippen LogP contribution in [-0.4, -0.2) is 27.5 Å². The number of anilines is 2. The Labute approximate surface area is 156 Å². The maximum absolute atomic E-state index is 12.7. The molecule has 27 heavy (non-hydrogen) atoms. The molecule has 0 saturated heterocycles. The SMILES string of the molecule is CC(C(=O)Nc1cccc(NC(=O)NC2CC2)c1)n1cnc2ccccc21. The van der Waals surface area contributed by atoms with Crippen LogP contribution >= 0.6 is 0 Å². The van der Waals surface area contributed by atoms with Gasteiger partial charge in [0.25, 0.3) is 0 Å². The van der Waals surface area contributed by atoms with Gasteiger partial charge in [0.1, 0.15) is 6.04 Å². The number of carbonyl (C=O) groups is 2. The van der Waals surface area contributed by atoms with E-state index < -0.39 is 6.04 Å². The molecule has 0 aliphatic heterocycles. The van der Waals surface area contributed by atoms with E-state index in [1.54, 1.807) is 30.6 Å². The number of rotatable bonds is 5. The van der Waals surface area contributed by atoms with Crippen LogP contribution in [0.3, 0.4) is 0 Å². The normalized spacial score (nSPS) is 14.6. The zero-order valence-corrected chi connectivity index (χ0v) is 15.0. The summed E-state index contributed by atoms with van der Waals surface area (Å²) in [5, 5.41) is 8.56. The molecule has 4 rings (SSSR count). The van der Waals surface area contributed by atoms with Crippen LogP contribution in [0.1, 0.15) is 25.8 Å². The summed E-state index contributed by atoms with van der Waals surface area (Å²) in [4.78, 5) is 28.9. The van der Waals surface area contributed by atoms with Crippen molar-refractivity contribution in [2.24, 2.45) is 0 Å². The molecular weight excluding hydrogens is 342 g/mol. The second-order valence-corrected chi connectivity index (χ2v) is 6.76. The van der Waals surface area contributed by atoms with Crippen molar-refractivity contribution >= 4 is 34.3 Å². The van der Waals surface area contributed by atoms with Gasteiger partial charge in [-0.05, 0) is 50.1 Å². The maximum atomic E-state index is 12.7. The fraction of sp³-hybridized carbons (Fsp3) is 0.250. The average Bonchev–Trinajstić information content (AvgIpc) is 3.36. The van der Waals surface area contributed by atoms with E-state index in [4.69, 9.17) is 0 Å². The zero-order valence-electron chi connectivity index (χ0n) is 15.0. The Hall–Kier alpha value is -3.35. The second kappa shape index (κ2) is 7.11. The number of nitrogens with zero attached hydrogens (tertiary/aromatic N) is 2. The molecule has 7 heteroatoms. The van der Waals surface area contributed by atoms with Crippen LogP contribution in [0.2, 0.25) is 0 Å². The molecule has 0 bridgehead atoms. The molecule has 1 aliphatic carbocycles. The fourth-order valence-electron chi connectivity index (χ4n) is 2.91. The number of carbonyl (C=O) groups excluding carboxylic acids is 2. The van der Waals surface area contributed by atoms with Gasteiger partial charge >= 0.3 is 6.03 Å². The van der Waals surface area contributed by atoms with Gasteiger partial charge in [-0.15, -0.1) is 0 Å². The Morgan fingerprint density at radius 2 is 1.81 bits per heavy atom. The van der Waals surface area contributed by atoms with Gasteiger partial charge < -0.3 is 20.5 Å². The lowest BCUT2D eigenvalue weighted by Crippen LogP contribution is -2.30. The van der Waals surface area contributed by atoms with Crippen LogP contribution in [0, 0.1) is 0 Å². The third-order valence-corrected chi connectivity index (χ3v) is 4.58. The lowest BCUT2D eigenvalue weighted by atomic mass is 10.2. The molecule has 2 aromatic carbocycles. The second-order valence-electron chi connectivity index (χ2n) is 6.76. The van der Waals surface area contributed by atoms with Gasteiger partial charge in [-0.3, -0.25) is 4.79 Å². The molecule has 1 atom stereocenters. The molecule has 1 saturated carbocycles. The largest absolute Gasteiger partial charge is 0.335 e. The van der Waals surface area contributed by atoms with Gasteiger partial charge in [-0.1, -0.05) is 18.2 Å². The molecule has 1 unspecified atom stereocenters. The number of para-hydroxylation sites is 2. The third kappa shape index (κ3) is 3.92. The standard InChI is InChI=1S/C20H21N5O2/c1-13(25-12-21-17-7-2-3-8-18(17)25)19(26)22-15-5-4-6-16(11-15)24-20(27)23-14-9-10-14/h2-8,11-14H,9-10H2,1H3,(H,22,26)(H2,23,24,27).